The zero-order chi connectivity index (χ0) is 19.2. The molecule has 4 heteroatoms. The molecule has 1 amide bonds. The molecular formula is C22H37NO3. The van der Waals surface area contributed by atoms with E-state index in [9.17, 15) is 4.79 Å². The van der Waals surface area contributed by atoms with Gasteiger partial charge in [0.25, 0.3) is 0 Å². The predicted octanol–water partition coefficient (Wildman–Crippen LogP) is 5.42. The van der Waals surface area contributed by atoms with Gasteiger partial charge in [0, 0.05) is 19.6 Å². The molecule has 2 rings (SSSR count). The molecule has 1 saturated heterocycles. The number of rotatable bonds is 9. The monoisotopic (exact) mass is 363 g/mol. The molecule has 0 aliphatic carbocycles. The van der Waals surface area contributed by atoms with Crippen molar-refractivity contribution >= 4 is 5.91 Å². The Morgan fingerprint density at radius 1 is 1.31 bits per heavy atom. The van der Waals surface area contributed by atoms with Crippen LogP contribution >= 0.6 is 0 Å². The van der Waals surface area contributed by atoms with Crippen molar-refractivity contribution in [2.24, 2.45) is 11.3 Å². The molecule has 0 unspecified atom stereocenters. The zero-order valence-electron chi connectivity index (χ0n) is 17.3. The molecule has 0 saturated carbocycles. The maximum absolute atomic E-state index is 12.5. The van der Waals surface area contributed by atoms with Crippen LogP contribution in [0.1, 0.15) is 78.9 Å². The van der Waals surface area contributed by atoms with E-state index >= 15 is 0 Å². The lowest BCUT2D eigenvalue weighted by atomic mass is 9.68. The fourth-order valence-electron chi connectivity index (χ4n) is 4.21. The van der Waals surface area contributed by atoms with Crippen LogP contribution in [0, 0.1) is 11.3 Å². The first kappa shape index (κ1) is 21.0. The summed E-state index contributed by atoms with van der Waals surface area (Å²) < 4.78 is 11.5. The third kappa shape index (κ3) is 6.15. The van der Waals surface area contributed by atoms with Crippen LogP contribution < -0.4 is 0 Å². The molecule has 1 aromatic rings. The third-order valence-corrected chi connectivity index (χ3v) is 5.67. The van der Waals surface area contributed by atoms with E-state index < -0.39 is 0 Å². The molecule has 148 valence electrons. The first-order valence-corrected chi connectivity index (χ1v) is 10.2. The minimum absolute atomic E-state index is 0.0736. The summed E-state index contributed by atoms with van der Waals surface area (Å²) in [5, 5.41) is 0. The van der Waals surface area contributed by atoms with E-state index in [2.05, 4.69) is 27.7 Å². The Bertz CT molecular complexity index is 550. The molecule has 26 heavy (non-hydrogen) atoms. The van der Waals surface area contributed by atoms with Crippen molar-refractivity contribution in [2.45, 2.75) is 85.3 Å². The average Bonchev–Trinajstić information content (AvgIpc) is 3.08. The number of amides is 1. The SMILES string of the molecule is CCC(=O)N(CC[C@@]1(CCC(C)C)CCOC(C)(C)C1)Cc1ccco1. The molecule has 2 heterocycles. The van der Waals surface area contributed by atoms with Crippen LogP contribution in [0.4, 0.5) is 0 Å². The normalized spacial score (nSPS) is 22.5. The van der Waals surface area contributed by atoms with Gasteiger partial charge < -0.3 is 14.1 Å². The van der Waals surface area contributed by atoms with Crippen molar-refractivity contribution < 1.29 is 13.9 Å². The van der Waals surface area contributed by atoms with Crippen LogP contribution in [0.5, 0.6) is 0 Å². The second-order valence-corrected chi connectivity index (χ2v) is 8.97. The fourth-order valence-corrected chi connectivity index (χ4v) is 4.21. The summed E-state index contributed by atoms with van der Waals surface area (Å²) in [7, 11) is 0. The highest BCUT2D eigenvalue weighted by molar-refractivity contribution is 5.75. The summed E-state index contributed by atoms with van der Waals surface area (Å²) in [6.07, 6.45) is 7.87. The largest absolute Gasteiger partial charge is 0.467 e. The topological polar surface area (TPSA) is 42.7 Å². The van der Waals surface area contributed by atoms with Crippen LogP contribution in [0.25, 0.3) is 0 Å². The molecule has 1 aliphatic heterocycles. The predicted molar refractivity (Wildman–Crippen MR) is 105 cm³/mol. The van der Waals surface area contributed by atoms with Crippen LogP contribution in [0.3, 0.4) is 0 Å². The van der Waals surface area contributed by atoms with Crippen LogP contribution in [0.2, 0.25) is 0 Å². The van der Waals surface area contributed by atoms with Crippen LogP contribution in [0.15, 0.2) is 22.8 Å². The number of hydrogen-bond donors (Lipinski definition) is 0. The second kappa shape index (κ2) is 9.07. The Kier molecular flexibility index (Phi) is 7.33. The molecule has 4 nitrogen and oxygen atoms in total. The van der Waals surface area contributed by atoms with Crippen molar-refractivity contribution in [3.8, 4) is 0 Å². The zero-order valence-corrected chi connectivity index (χ0v) is 17.3. The van der Waals surface area contributed by atoms with Crippen molar-refractivity contribution in [1.29, 1.82) is 0 Å². The lowest BCUT2D eigenvalue weighted by molar-refractivity contribution is -0.134. The van der Waals surface area contributed by atoms with E-state index in [1.165, 1.54) is 12.8 Å². The molecule has 0 radical (unpaired) electrons. The molecule has 0 spiro atoms. The number of ether oxygens (including phenoxy) is 1. The first-order chi connectivity index (χ1) is 12.3. The van der Waals surface area contributed by atoms with Gasteiger partial charge in [-0.05, 0) is 63.0 Å². The van der Waals surface area contributed by atoms with Gasteiger partial charge in [-0.2, -0.15) is 0 Å². The van der Waals surface area contributed by atoms with Gasteiger partial charge in [-0.25, -0.2) is 0 Å². The third-order valence-electron chi connectivity index (χ3n) is 5.67. The van der Waals surface area contributed by atoms with E-state index in [0.29, 0.717) is 18.9 Å². The molecule has 1 atom stereocenters. The summed E-state index contributed by atoms with van der Waals surface area (Å²) in [6.45, 7) is 13.1. The molecular weight excluding hydrogens is 326 g/mol. The van der Waals surface area contributed by atoms with Gasteiger partial charge in [-0.1, -0.05) is 27.2 Å². The number of hydrogen-bond acceptors (Lipinski definition) is 3. The van der Waals surface area contributed by atoms with Gasteiger partial charge in [0.15, 0.2) is 0 Å². The summed E-state index contributed by atoms with van der Waals surface area (Å²) in [5.41, 5.74) is 0.192. The van der Waals surface area contributed by atoms with Crippen LogP contribution in [-0.2, 0) is 16.1 Å². The molecule has 0 aromatic carbocycles. The van der Waals surface area contributed by atoms with Crippen molar-refractivity contribution in [3.63, 3.8) is 0 Å². The van der Waals surface area contributed by atoms with Crippen molar-refractivity contribution in [1.82, 2.24) is 4.90 Å². The number of carbonyl (C=O) groups is 1. The van der Waals surface area contributed by atoms with Gasteiger partial charge in [0.2, 0.25) is 5.91 Å². The van der Waals surface area contributed by atoms with E-state index in [0.717, 1.165) is 38.2 Å². The van der Waals surface area contributed by atoms with E-state index in [-0.39, 0.29) is 16.9 Å². The van der Waals surface area contributed by atoms with Gasteiger partial charge in [-0.3, -0.25) is 4.79 Å². The van der Waals surface area contributed by atoms with E-state index in [1.54, 1.807) is 6.26 Å². The summed E-state index contributed by atoms with van der Waals surface area (Å²) >= 11 is 0. The van der Waals surface area contributed by atoms with Crippen molar-refractivity contribution in [2.75, 3.05) is 13.2 Å². The summed E-state index contributed by atoms with van der Waals surface area (Å²) in [5.74, 6) is 1.76. The van der Waals surface area contributed by atoms with Gasteiger partial charge in [0.1, 0.15) is 5.76 Å². The van der Waals surface area contributed by atoms with Crippen LogP contribution in [-0.4, -0.2) is 29.6 Å². The Labute approximate surface area is 159 Å². The first-order valence-electron chi connectivity index (χ1n) is 10.2. The van der Waals surface area contributed by atoms with Crippen molar-refractivity contribution in [3.05, 3.63) is 24.2 Å². The fraction of sp³-hybridized carbons (Fsp3) is 0.773. The lowest BCUT2D eigenvalue weighted by Crippen LogP contribution is -2.43. The highest BCUT2D eigenvalue weighted by Crippen LogP contribution is 2.45. The lowest BCUT2D eigenvalue weighted by Gasteiger charge is -2.46. The standard InChI is InChI=1S/C22H37NO3/c1-6-20(24)23(16-19-8-7-14-25-19)13-11-22(10-9-18(2)3)12-15-26-21(4,5)17-22/h7-8,14,18H,6,9-13,15-17H2,1-5H3/t22-/m0/s1. The highest BCUT2D eigenvalue weighted by atomic mass is 16.5. The van der Waals surface area contributed by atoms with Gasteiger partial charge >= 0.3 is 0 Å². The Morgan fingerprint density at radius 3 is 2.65 bits per heavy atom. The number of carbonyl (C=O) groups excluding carboxylic acids is 1. The maximum Gasteiger partial charge on any atom is 0.222 e. The molecule has 0 N–H and O–H groups in total. The average molecular weight is 364 g/mol. The van der Waals surface area contributed by atoms with Gasteiger partial charge in [-0.15, -0.1) is 0 Å². The Morgan fingerprint density at radius 2 is 2.08 bits per heavy atom. The minimum Gasteiger partial charge on any atom is -0.467 e. The van der Waals surface area contributed by atoms with E-state index in [4.69, 9.17) is 9.15 Å². The molecule has 1 aromatic heterocycles. The van der Waals surface area contributed by atoms with Gasteiger partial charge in [0.05, 0.1) is 18.4 Å². The Hall–Kier alpha value is -1.29. The smallest absolute Gasteiger partial charge is 0.222 e. The maximum atomic E-state index is 12.5. The second-order valence-electron chi connectivity index (χ2n) is 8.97. The highest BCUT2D eigenvalue weighted by Gasteiger charge is 2.40. The molecule has 0 bridgehead atoms. The molecule has 1 aliphatic rings. The number of furan rings is 1. The summed E-state index contributed by atoms with van der Waals surface area (Å²) in [6, 6.07) is 3.83. The Balaban J connectivity index is 2.08. The quantitative estimate of drug-likeness (QED) is 0.588. The molecule has 1 fully saturated rings. The number of nitrogens with zero attached hydrogens (tertiary/aromatic N) is 1. The summed E-state index contributed by atoms with van der Waals surface area (Å²) in [4.78, 5) is 14.4. The van der Waals surface area contributed by atoms with E-state index in [1.807, 2.05) is 24.0 Å². The minimum atomic E-state index is -0.0736.